The molecule has 458 valence electrons. The summed E-state index contributed by atoms with van der Waals surface area (Å²) in [5.41, 5.74) is 0. The van der Waals surface area contributed by atoms with E-state index in [2.05, 4.69) is 161 Å². The van der Waals surface area contributed by atoms with E-state index >= 15 is 0 Å². The maximum atomic E-state index is 12.9. The monoisotopic (exact) mass is 1120 g/mol. The fourth-order valence-electron chi connectivity index (χ4n) is 8.90. The predicted octanol–water partition coefficient (Wildman–Crippen LogP) is 23.1. The summed E-state index contributed by atoms with van der Waals surface area (Å²) in [6.45, 7) is 6.32. The van der Waals surface area contributed by atoms with E-state index in [1.165, 1.54) is 122 Å². The van der Waals surface area contributed by atoms with Crippen molar-refractivity contribution in [1.82, 2.24) is 0 Å². The van der Waals surface area contributed by atoms with Gasteiger partial charge in [-0.25, -0.2) is 0 Å². The topological polar surface area (TPSA) is 78.9 Å². The van der Waals surface area contributed by atoms with Gasteiger partial charge in [0.1, 0.15) is 13.2 Å². The van der Waals surface area contributed by atoms with Crippen LogP contribution >= 0.6 is 0 Å². The van der Waals surface area contributed by atoms with Gasteiger partial charge in [-0.05, 0) is 128 Å². The number of rotatable bonds is 59. The third-order valence-corrected chi connectivity index (χ3v) is 13.8. The average molecular weight is 1120 g/mol. The van der Waals surface area contributed by atoms with Crippen LogP contribution in [-0.4, -0.2) is 37.2 Å². The zero-order valence-corrected chi connectivity index (χ0v) is 52.5. The van der Waals surface area contributed by atoms with Crippen LogP contribution in [0, 0.1) is 0 Å². The molecule has 6 nitrogen and oxygen atoms in total. The second-order valence-corrected chi connectivity index (χ2v) is 21.6. The normalized spacial score (nSPS) is 13.1. The lowest BCUT2D eigenvalue weighted by Crippen LogP contribution is -2.30. The fraction of sp³-hybridized carbons (Fsp3) is 0.640. The Labute approximate surface area is 499 Å². The third-order valence-electron chi connectivity index (χ3n) is 13.8. The van der Waals surface area contributed by atoms with E-state index in [-0.39, 0.29) is 44.0 Å². The van der Waals surface area contributed by atoms with Crippen molar-refractivity contribution in [2.24, 2.45) is 0 Å². The highest BCUT2D eigenvalue weighted by molar-refractivity contribution is 5.71. The summed E-state index contributed by atoms with van der Waals surface area (Å²) < 4.78 is 16.8. The van der Waals surface area contributed by atoms with Gasteiger partial charge in [-0.2, -0.15) is 0 Å². The molecule has 0 N–H and O–H groups in total. The SMILES string of the molecule is CC/C=C\C/C=C\C/C=C\C/C=C\C/C=C\C/C=C\CCCCCCC(=O)OC(COC(=O)CC/C=C\C/C=C\C/C=C\C/C=C\CC)COC(=O)CCCCCCCCCCCCCCCCC/C=C\C/C=C\CCCCCCC. The molecule has 0 heterocycles. The summed E-state index contributed by atoms with van der Waals surface area (Å²) in [5, 5.41) is 0. The number of unbranched alkanes of at least 4 members (excludes halogenated alkanes) is 24. The van der Waals surface area contributed by atoms with Crippen LogP contribution in [-0.2, 0) is 28.6 Å². The standard InChI is InChI=1S/C75H122O6/c1-4-7-10-13-16-19-22-25-27-29-31-33-35-36-37-38-40-41-43-45-47-50-53-56-59-62-65-68-74(77)80-71-72(70-79-73(76)67-64-61-58-55-52-49-24-21-18-15-12-9-6-3)81-75(78)69-66-63-60-57-54-51-48-46-44-42-39-34-32-30-28-26-23-20-17-14-11-8-5-2/h8-9,11-12,17-18,20-22,25-26,28-29,31-32,34,42,44,48-49,51-52,58,61,72H,4-7,10,13-16,19,23-24,27,30,33,35-41,43,45-47,50,53-57,59-60,62-71H2,1-3H3/b11-8-,12-9-,20-17-,21-18-,25-22-,28-26-,31-29-,34-32-,44-42-,51-48-,52-49-,61-58-. The van der Waals surface area contributed by atoms with Crippen LogP contribution in [0.5, 0.6) is 0 Å². The molecule has 1 unspecified atom stereocenters. The molecule has 0 amide bonds. The largest absolute Gasteiger partial charge is 0.462 e. The molecule has 1 atom stereocenters. The summed E-state index contributed by atoms with van der Waals surface area (Å²) in [6.07, 6.45) is 97.4. The van der Waals surface area contributed by atoms with Crippen molar-refractivity contribution in [2.45, 2.75) is 297 Å². The van der Waals surface area contributed by atoms with E-state index in [1.54, 1.807) is 0 Å². The first-order chi connectivity index (χ1) is 40.0. The van der Waals surface area contributed by atoms with Gasteiger partial charge in [-0.1, -0.05) is 289 Å². The van der Waals surface area contributed by atoms with E-state index < -0.39 is 6.10 Å². The summed E-state index contributed by atoms with van der Waals surface area (Å²) in [4.78, 5) is 38.3. The first-order valence-electron chi connectivity index (χ1n) is 33.3. The van der Waals surface area contributed by atoms with E-state index in [1.807, 2.05) is 6.08 Å². The molecule has 0 aromatic rings. The first-order valence-corrected chi connectivity index (χ1v) is 33.3. The van der Waals surface area contributed by atoms with Gasteiger partial charge in [0, 0.05) is 19.3 Å². The minimum atomic E-state index is -0.828. The highest BCUT2D eigenvalue weighted by Gasteiger charge is 2.19. The molecule has 0 aliphatic heterocycles. The zero-order valence-electron chi connectivity index (χ0n) is 52.5. The van der Waals surface area contributed by atoms with Crippen molar-refractivity contribution >= 4 is 17.9 Å². The first kappa shape index (κ1) is 76.3. The Hall–Kier alpha value is -4.71. The molecule has 0 radical (unpaired) electrons. The molecule has 6 heteroatoms. The smallest absolute Gasteiger partial charge is 0.306 e. The van der Waals surface area contributed by atoms with Crippen LogP contribution < -0.4 is 0 Å². The summed E-state index contributed by atoms with van der Waals surface area (Å²) >= 11 is 0. The van der Waals surface area contributed by atoms with Crippen molar-refractivity contribution < 1.29 is 28.6 Å². The van der Waals surface area contributed by atoms with E-state index in [0.29, 0.717) is 12.8 Å². The summed E-state index contributed by atoms with van der Waals surface area (Å²) in [5.74, 6) is -1.02. The number of allylic oxidation sites excluding steroid dienone is 24. The second-order valence-electron chi connectivity index (χ2n) is 21.6. The molecule has 0 saturated heterocycles. The van der Waals surface area contributed by atoms with Crippen LogP contribution in [0.1, 0.15) is 290 Å². The van der Waals surface area contributed by atoms with Gasteiger partial charge in [0.05, 0.1) is 0 Å². The van der Waals surface area contributed by atoms with Gasteiger partial charge in [0.15, 0.2) is 6.10 Å². The molecule has 0 aromatic carbocycles. The van der Waals surface area contributed by atoms with Crippen molar-refractivity contribution in [3.63, 3.8) is 0 Å². The molecule has 0 rings (SSSR count). The van der Waals surface area contributed by atoms with Gasteiger partial charge in [0.2, 0.25) is 0 Å². The number of ether oxygens (including phenoxy) is 3. The molecule has 0 spiro atoms. The Morgan fingerprint density at radius 3 is 0.827 bits per heavy atom. The molecule has 0 aliphatic rings. The van der Waals surface area contributed by atoms with Crippen LogP contribution in [0.2, 0.25) is 0 Å². The highest BCUT2D eigenvalue weighted by atomic mass is 16.6. The fourth-order valence-corrected chi connectivity index (χ4v) is 8.90. The van der Waals surface area contributed by atoms with Gasteiger partial charge in [-0.15, -0.1) is 0 Å². The minimum Gasteiger partial charge on any atom is -0.462 e. The molecular weight excluding hydrogens is 997 g/mol. The van der Waals surface area contributed by atoms with E-state index in [0.717, 1.165) is 122 Å². The van der Waals surface area contributed by atoms with Crippen molar-refractivity contribution in [3.05, 3.63) is 146 Å². The lowest BCUT2D eigenvalue weighted by molar-refractivity contribution is -0.166. The van der Waals surface area contributed by atoms with Crippen molar-refractivity contribution in [1.29, 1.82) is 0 Å². The minimum absolute atomic E-state index is 0.115. The predicted molar refractivity (Wildman–Crippen MR) is 352 cm³/mol. The Balaban J connectivity index is 4.39. The molecule has 0 aromatic heterocycles. The summed E-state index contributed by atoms with van der Waals surface area (Å²) in [7, 11) is 0. The Kier molecular flexibility index (Phi) is 63.9. The Bertz CT molecular complexity index is 1760. The van der Waals surface area contributed by atoms with Crippen LogP contribution in [0.3, 0.4) is 0 Å². The van der Waals surface area contributed by atoms with Crippen LogP contribution in [0.15, 0.2) is 146 Å². The number of hydrogen-bond donors (Lipinski definition) is 0. The Morgan fingerprint density at radius 1 is 0.259 bits per heavy atom. The third kappa shape index (κ3) is 66.0. The van der Waals surface area contributed by atoms with Gasteiger partial charge in [-0.3, -0.25) is 14.4 Å². The number of esters is 3. The molecule has 0 aliphatic carbocycles. The van der Waals surface area contributed by atoms with Crippen LogP contribution in [0.4, 0.5) is 0 Å². The van der Waals surface area contributed by atoms with Gasteiger partial charge in [0.25, 0.3) is 0 Å². The van der Waals surface area contributed by atoms with Gasteiger partial charge >= 0.3 is 17.9 Å². The zero-order chi connectivity index (χ0) is 58.5. The molecule has 0 bridgehead atoms. The number of hydrogen-bond acceptors (Lipinski definition) is 6. The highest BCUT2D eigenvalue weighted by Crippen LogP contribution is 2.16. The van der Waals surface area contributed by atoms with E-state index in [9.17, 15) is 14.4 Å². The maximum absolute atomic E-state index is 12.9. The number of carbonyl (C=O) groups excluding carboxylic acids is 3. The quantitative estimate of drug-likeness (QED) is 0.0261. The molecule has 81 heavy (non-hydrogen) atoms. The number of carbonyl (C=O) groups is 3. The van der Waals surface area contributed by atoms with Crippen molar-refractivity contribution in [3.8, 4) is 0 Å². The second kappa shape index (κ2) is 67.8. The lowest BCUT2D eigenvalue weighted by atomic mass is 10.0. The van der Waals surface area contributed by atoms with Crippen LogP contribution in [0.25, 0.3) is 0 Å². The average Bonchev–Trinajstić information content (AvgIpc) is 3.46. The lowest BCUT2D eigenvalue weighted by Gasteiger charge is -2.18. The molecule has 0 saturated carbocycles. The van der Waals surface area contributed by atoms with Crippen molar-refractivity contribution in [2.75, 3.05) is 13.2 Å². The Morgan fingerprint density at radius 2 is 0.506 bits per heavy atom. The molecule has 0 fully saturated rings. The van der Waals surface area contributed by atoms with Gasteiger partial charge < -0.3 is 14.2 Å². The summed E-state index contributed by atoms with van der Waals surface area (Å²) in [6, 6.07) is 0. The molecular formula is C75H122O6. The van der Waals surface area contributed by atoms with E-state index in [4.69, 9.17) is 14.2 Å². The maximum Gasteiger partial charge on any atom is 0.306 e.